The van der Waals surface area contributed by atoms with Crippen LogP contribution in [0.5, 0.6) is 0 Å². The largest absolute Gasteiger partial charge is 0.459 e. The molecule has 0 aromatic rings. The molecule has 1 saturated carbocycles. The molecule has 1 aliphatic carbocycles. The first kappa shape index (κ1) is 19.0. The first-order valence-electron chi connectivity index (χ1n) is 8.39. The fourth-order valence-corrected chi connectivity index (χ4v) is 3.15. The Morgan fingerprint density at radius 2 is 1.23 bits per heavy atom. The van der Waals surface area contributed by atoms with Crippen molar-refractivity contribution in [3.8, 4) is 0 Å². The molecule has 0 N–H and O–H groups in total. The van der Waals surface area contributed by atoms with Crippen LogP contribution in [0.4, 0.5) is 0 Å². The highest BCUT2D eigenvalue weighted by Gasteiger charge is 2.55. The maximum Gasteiger partial charge on any atom is 0.324 e. The van der Waals surface area contributed by atoms with Crippen molar-refractivity contribution in [1.82, 2.24) is 0 Å². The van der Waals surface area contributed by atoms with E-state index in [0.29, 0.717) is 6.42 Å². The van der Waals surface area contributed by atoms with Crippen LogP contribution >= 0.6 is 0 Å². The second-order valence-corrected chi connectivity index (χ2v) is 8.31. The summed E-state index contributed by atoms with van der Waals surface area (Å²) in [5, 5.41) is 0. The van der Waals surface area contributed by atoms with Gasteiger partial charge in [0, 0.05) is 0 Å². The third-order valence-electron chi connectivity index (χ3n) is 4.14. The Kier molecular flexibility index (Phi) is 5.69. The van der Waals surface area contributed by atoms with E-state index in [1.165, 1.54) is 0 Å². The molecule has 0 spiro atoms. The van der Waals surface area contributed by atoms with Crippen molar-refractivity contribution in [3.05, 3.63) is 0 Å². The first-order chi connectivity index (χ1) is 9.92. The number of ether oxygens (including phenoxy) is 2. The van der Waals surface area contributed by atoms with Crippen molar-refractivity contribution in [2.24, 2.45) is 11.3 Å². The topological polar surface area (TPSA) is 52.6 Å². The second-order valence-electron chi connectivity index (χ2n) is 8.31. The highest BCUT2D eigenvalue weighted by atomic mass is 16.6. The van der Waals surface area contributed by atoms with Gasteiger partial charge < -0.3 is 9.47 Å². The molecule has 0 radical (unpaired) electrons. The second kappa shape index (κ2) is 6.59. The van der Waals surface area contributed by atoms with Gasteiger partial charge >= 0.3 is 11.9 Å². The molecular weight excluding hydrogens is 280 g/mol. The van der Waals surface area contributed by atoms with Crippen molar-refractivity contribution in [1.29, 1.82) is 0 Å². The zero-order valence-electron chi connectivity index (χ0n) is 15.2. The lowest BCUT2D eigenvalue weighted by Crippen LogP contribution is -2.50. The highest BCUT2D eigenvalue weighted by Crippen LogP contribution is 2.45. The maximum atomic E-state index is 12.9. The summed E-state index contributed by atoms with van der Waals surface area (Å²) in [6.07, 6.45) is 4.29. The number of esters is 2. The van der Waals surface area contributed by atoms with E-state index >= 15 is 0 Å². The molecule has 1 aliphatic rings. The summed E-state index contributed by atoms with van der Waals surface area (Å²) in [7, 11) is 0. The van der Waals surface area contributed by atoms with Crippen LogP contribution in [0.1, 0.15) is 80.6 Å². The van der Waals surface area contributed by atoms with Crippen LogP contribution in [-0.4, -0.2) is 23.1 Å². The van der Waals surface area contributed by atoms with Gasteiger partial charge in [0.1, 0.15) is 11.2 Å². The zero-order chi connectivity index (χ0) is 17.2. The summed E-state index contributed by atoms with van der Waals surface area (Å²) in [6.45, 7) is 12.9. The van der Waals surface area contributed by atoms with E-state index in [-0.39, 0.29) is 5.92 Å². The summed E-state index contributed by atoms with van der Waals surface area (Å²) in [4.78, 5) is 25.8. The molecule has 1 rings (SSSR count). The summed E-state index contributed by atoms with van der Waals surface area (Å²) in [5.74, 6) is -0.838. The fraction of sp³-hybridized carbons (Fsp3) is 0.889. The van der Waals surface area contributed by atoms with E-state index in [2.05, 4.69) is 0 Å². The van der Waals surface area contributed by atoms with Gasteiger partial charge in [-0.2, -0.15) is 0 Å². The Morgan fingerprint density at radius 3 is 1.50 bits per heavy atom. The normalized spacial score (nSPS) is 17.4. The predicted octanol–water partition coefficient (Wildman–Crippen LogP) is 4.26. The Balaban J connectivity index is 3.17. The van der Waals surface area contributed by atoms with Crippen molar-refractivity contribution in [2.45, 2.75) is 91.8 Å². The van der Waals surface area contributed by atoms with Crippen LogP contribution in [0.2, 0.25) is 0 Å². The average molecular weight is 312 g/mol. The van der Waals surface area contributed by atoms with Crippen LogP contribution in [-0.2, 0) is 19.1 Å². The molecule has 0 bridgehead atoms. The summed E-state index contributed by atoms with van der Waals surface area (Å²) in [5.41, 5.74) is -2.40. The highest BCUT2D eigenvalue weighted by molar-refractivity contribution is 6.00. The Bertz CT molecular complexity index is 378. The third kappa shape index (κ3) is 4.47. The molecule has 4 nitrogen and oxygen atoms in total. The molecule has 0 aromatic heterocycles. The quantitative estimate of drug-likeness (QED) is 0.575. The maximum absolute atomic E-state index is 12.9. The van der Waals surface area contributed by atoms with E-state index in [1.54, 1.807) is 0 Å². The van der Waals surface area contributed by atoms with E-state index in [9.17, 15) is 9.59 Å². The smallest absolute Gasteiger partial charge is 0.324 e. The van der Waals surface area contributed by atoms with E-state index in [1.807, 2.05) is 48.5 Å². The monoisotopic (exact) mass is 312 g/mol. The van der Waals surface area contributed by atoms with Gasteiger partial charge in [0.05, 0.1) is 0 Å². The molecule has 128 valence electrons. The molecule has 1 fully saturated rings. The predicted molar refractivity (Wildman–Crippen MR) is 86.4 cm³/mol. The SMILES string of the molecule is CCC(C(=O)OC(C)(C)C)(C(=O)OC(C)(C)C)C1CCCC1. The third-order valence-corrected chi connectivity index (χ3v) is 4.14. The molecule has 0 heterocycles. The summed E-state index contributed by atoms with van der Waals surface area (Å²) in [6, 6.07) is 0. The van der Waals surface area contributed by atoms with Crippen molar-refractivity contribution >= 4 is 11.9 Å². The van der Waals surface area contributed by atoms with Gasteiger partial charge in [0.25, 0.3) is 0 Å². The lowest BCUT2D eigenvalue weighted by atomic mass is 9.72. The van der Waals surface area contributed by atoms with Gasteiger partial charge in [-0.3, -0.25) is 9.59 Å². The van der Waals surface area contributed by atoms with E-state index in [4.69, 9.17) is 9.47 Å². The molecule has 22 heavy (non-hydrogen) atoms. The van der Waals surface area contributed by atoms with E-state index < -0.39 is 28.6 Å². The summed E-state index contributed by atoms with van der Waals surface area (Å²) < 4.78 is 11.2. The van der Waals surface area contributed by atoms with Crippen LogP contribution in [0.25, 0.3) is 0 Å². The number of carbonyl (C=O) groups is 2. The molecule has 0 atom stereocenters. The van der Waals surface area contributed by atoms with E-state index in [0.717, 1.165) is 25.7 Å². The Hall–Kier alpha value is -1.06. The zero-order valence-corrected chi connectivity index (χ0v) is 15.2. The minimum Gasteiger partial charge on any atom is -0.459 e. The van der Waals surface area contributed by atoms with Gasteiger partial charge in [-0.15, -0.1) is 0 Å². The van der Waals surface area contributed by atoms with Crippen molar-refractivity contribution < 1.29 is 19.1 Å². The molecule has 0 saturated heterocycles. The lowest BCUT2D eigenvalue weighted by Gasteiger charge is -2.37. The van der Waals surface area contributed by atoms with Gasteiger partial charge in [0.2, 0.25) is 0 Å². The van der Waals surface area contributed by atoms with Gasteiger partial charge in [-0.1, -0.05) is 19.8 Å². The van der Waals surface area contributed by atoms with Crippen LogP contribution in [0.15, 0.2) is 0 Å². The molecular formula is C18H32O4. The average Bonchev–Trinajstić information content (AvgIpc) is 2.79. The van der Waals surface area contributed by atoms with Crippen LogP contribution < -0.4 is 0 Å². The van der Waals surface area contributed by atoms with Gasteiger partial charge in [0.15, 0.2) is 5.41 Å². The molecule has 0 unspecified atom stereocenters. The van der Waals surface area contributed by atoms with Gasteiger partial charge in [-0.05, 0) is 66.7 Å². The fourth-order valence-electron chi connectivity index (χ4n) is 3.15. The standard InChI is InChI=1S/C18H32O4/c1-8-18(13-11-9-10-12-13,14(19)21-16(2,3)4)15(20)22-17(5,6)7/h13H,8-12H2,1-7H3. The molecule has 0 aliphatic heterocycles. The van der Waals surface area contributed by atoms with Crippen molar-refractivity contribution in [3.63, 3.8) is 0 Å². The van der Waals surface area contributed by atoms with Crippen LogP contribution in [0, 0.1) is 11.3 Å². The Labute approximate surface area is 134 Å². The number of hydrogen-bond donors (Lipinski definition) is 0. The molecule has 0 amide bonds. The number of carbonyl (C=O) groups excluding carboxylic acids is 2. The van der Waals surface area contributed by atoms with Crippen molar-refractivity contribution in [2.75, 3.05) is 0 Å². The minimum absolute atomic E-state index is 0.0159. The minimum atomic E-state index is -1.17. The lowest BCUT2D eigenvalue weighted by molar-refractivity contribution is -0.190. The summed E-state index contributed by atoms with van der Waals surface area (Å²) >= 11 is 0. The number of hydrogen-bond acceptors (Lipinski definition) is 4. The molecule has 4 heteroatoms. The first-order valence-corrected chi connectivity index (χ1v) is 8.39. The van der Waals surface area contributed by atoms with Crippen LogP contribution in [0.3, 0.4) is 0 Å². The number of rotatable bonds is 4. The molecule has 0 aromatic carbocycles. The Morgan fingerprint density at radius 1 is 0.864 bits per heavy atom. The van der Waals surface area contributed by atoms with Gasteiger partial charge in [-0.25, -0.2) is 0 Å².